The van der Waals surface area contributed by atoms with E-state index in [1.54, 1.807) is 6.07 Å². The minimum Gasteiger partial charge on any atom is -0.465 e. The zero-order chi connectivity index (χ0) is 11.4. The molecule has 0 saturated heterocycles. The van der Waals surface area contributed by atoms with Crippen LogP contribution in [0.2, 0.25) is 0 Å². The van der Waals surface area contributed by atoms with Crippen LogP contribution in [0.5, 0.6) is 0 Å². The fraction of sp³-hybridized carbons (Fsp3) is 0.462. The van der Waals surface area contributed by atoms with Crippen molar-refractivity contribution in [3.8, 4) is 0 Å². The van der Waals surface area contributed by atoms with Gasteiger partial charge in [-0.15, -0.1) is 0 Å². The van der Waals surface area contributed by atoms with Gasteiger partial charge < -0.3 is 10.1 Å². The second kappa shape index (κ2) is 5.01. The number of hydrogen-bond donors (Lipinski definition) is 1. The van der Waals surface area contributed by atoms with Crippen LogP contribution < -0.4 is 5.32 Å². The highest BCUT2D eigenvalue weighted by atomic mass is 16.5. The molecule has 16 heavy (non-hydrogen) atoms. The van der Waals surface area contributed by atoms with Crippen molar-refractivity contribution in [3.05, 3.63) is 29.8 Å². The minimum atomic E-state index is -0.282. The van der Waals surface area contributed by atoms with Gasteiger partial charge in [0.2, 0.25) is 0 Å². The van der Waals surface area contributed by atoms with Gasteiger partial charge >= 0.3 is 5.97 Å². The standard InChI is InChI=1S/C13H17NO2/c1-16-13(15)10-5-4-8-12(9-10)14-11-6-2-3-7-11/h4-5,8-9,11,14H,2-3,6-7H2,1H3. The molecule has 0 bridgehead atoms. The largest absolute Gasteiger partial charge is 0.465 e. The van der Waals surface area contributed by atoms with E-state index in [-0.39, 0.29) is 5.97 Å². The number of carbonyl (C=O) groups excluding carboxylic acids is 1. The average Bonchev–Trinajstić information content (AvgIpc) is 2.81. The highest BCUT2D eigenvalue weighted by Crippen LogP contribution is 2.22. The third-order valence-electron chi connectivity index (χ3n) is 3.01. The first-order chi connectivity index (χ1) is 7.79. The smallest absolute Gasteiger partial charge is 0.337 e. The molecular formula is C13H17NO2. The SMILES string of the molecule is COC(=O)c1cccc(NC2CCCC2)c1. The van der Waals surface area contributed by atoms with E-state index in [9.17, 15) is 4.79 Å². The number of carbonyl (C=O) groups is 1. The van der Waals surface area contributed by atoms with Gasteiger partial charge in [0.15, 0.2) is 0 Å². The first-order valence-electron chi connectivity index (χ1n) is 5.74. The van der Waals surface area contributed by atoms with Crippen LogP contribution in [-0.2, 0) is 4.74 Å². The second-order valence-electron chi connectivity index (χ2n) is 4.20. The molecule has 0 unspecified atom stereocenters. The lowest BCUT2D eigenvalue weighted by atomic mass is 10.1. The lowest BCUT2D eigenvalue weighted by Crippen LogP contribution is -2.14. The van der Waals surface area contributed by atoms with E-state index in [1.807, 2.05) is 18.2 Å². The first-order valence-corrected chi connectivity index (χ1v) is 5.74. The molecule has 0 atom stereocenters. The molecule has 3 heteroatoms. The van der Waals surface area contributed by atoms with Crippen molar-refractivity contribution in [2.45, 2.75) is 31.7 Å². The van der Waals surface area contributed by atoms with E-state index in [1.165, 1.54) is 32.8 Å². The van der Waals surface area contributed by atoms with Crippen LogP contribution in [0.25, 0.3) is 0 Å². The Morgan fingerprint density at radius 1 is 1.38 bits per heavy atom. The lowest BCUT2D eigenvalue weighted by Gasteiger charge is -2.13. The molecule has 0 amide bonds. The fourth-order valence-corrected chi connectivity index (χ4v) is 2.16. The molecule has 0 spiro atoms. The van der Waals surface area contributed by atoms with Crippen LogP contribution in [0.1, 0.15) is 36.0 Å². The second-order valence-corrected chi connectivity index (χ2v) is 4.20. The van der Waals surface area contributed by atoms with E-state index in [4.69, 9.17) is 4.74 Å². The minimum absolute atomic E-state index is 0.282. The number of anilines is 1. The van der Waals surface area contributed by atoms with E-state index in [0.717, 1.165) is 5.69 Å². The normalized spacial score (nSPS) is 16.1. The van der Waals surface area contributed by atoms with Crippen LogP contribution in [0.3, 0.4) is 0 Å². The summed E-state index contributed by atoms with van der Waals surface area (Å²) in [6.07, 6.45) is 5.05. The molecule has 1 aliphatic carbocycles. The van der Waals surface area contributed by atoms with Gasteiger partial charge in [-0.3, -0.25) is 0 Å². The Labute approximate surface area is 95.8 Å². The van der Waals surface area contributed by atoms with Crippen molar-refractivity contribution in [2.75, 3.05) is 12.4 Å². The Morgan fingerprint density at radius 3 is 2.81 bits per heavy atom. The van der Waals surface area contributed by atoms with Gasteiger partial charge in [-0.05, 0) is 31.0 Å². The molecule has 0 radical (unpaired) electrons. The molecular weight excluding hydrogens is 202 g/mol. The van der Waals surface area contributed by atoms with E-state index in [0.29, 0.717) is 11.6 Å². The molecule has 1 fully saturated rings. The van der Waals surface area contributed by atoms with Gasteiger partial charge in [-0.25, -0.2) is 4.79 Å². The van der Waals surface area contributed by atoms with Gasteiger partial charge in [-0.1, -0.05) is 18.9 Å². The summed E-state index contributed by atoms with van der Waals surface area (Å²) < 4.78 is 4.69. The van der Waals surface area contributed by atoms with E-state index < -0.39 is 0 Å². The van der Waals surface area contributed by atoms with Crippen molar-refractivity contribution in [1.29, 1.82) is 0 Å². The molecule has 1 aromatic carbocycles. The number of hydrogen-bond acceptors (Lipinski definition) is 3. The molecule has 0 heterocycles. The molecule has 1 saturated carbocycles. The van der Waals surface area contributed by atoms with Crippen molar-refractivity contribution in [3.63, 3.8) is 0 Å². The third kappa shape index (κ3) is 2.54. The summed E-state index contributed by atoms with van der Waals surface area (Å²) in [6.45, 7) is 0. The number of benzene rings is 1. The van der Waals surface area contributed by atoms with Gasteiger partial charge in [0, 0.05) is 11.7 Å². The average molecular weight is 219 g/mol. The van der Waals surface area contributed by atoms with Crippen molar-refractivity contribution >= 4 is 11.7 Å². The van der Waals surface area contributed by atoms with Crippen LogP contribution in [0.15, 0.2) is 24.3 Å². The predicted molar refractivity (Wildman–Crippen MR) is 63.7 cm³/mol. The Hall–Kier alpha value is -1.51. The summed E-state index contributed by atoms with van der Waals surface area (Å²) in [4.78, 5) is 11.4. The first kappa shape index (κ1) is 11.0. The molecule has 0 aromatic heterocycles. The Kier molecular flexibility index (Phi) is 3.44. The zero-order valence-corrected chi connectivity index (χ0v) is 9.53. The summed E-state index contributed by atoms with van der Waals surface area (Å²) >= 11 is 0. The topological polar surface area (TPSA) is 38.3 Å². The maximum atomic E-state index is 11.4. The molecule has 1 N–H and O–H groups in total. The monoisotopic (exact) mass is 219 g/mol. The maximum Gasteiger partial charge on any atom is 0.337 e. The number of methoxy groups -OCH3 is 1. The Morgan fingerprint density at radius 2 is 2.12 bits per heavy atom. The summed E-state index contributed by atoms with van der Waals surface area (Å²) in [5.74, 6) is -0.282. The summed E-state index contributed by atoms with van der Waals surface area (Å²) in [5, 5.41) is 3.45. The number of rotatable bonds is 3. The van der Waals surface area contributed by atoms with Gasteiger partial charge in [0.25, 0.3) is 0 Å². The highest BCUT2D eigenvalue weighted by Gasteiger charge is 2.15. The van der Waals surface area contributed by atoms with E-state index in [2.05, 4.69) is 5.32 Å². The number of ether oxygens (including phenoxy) is 1. The summed E-state index contributed by atoms with van der Waals surface area (Å²) in [7, 11) is 1.40. The van der Waals surface area contributed by atoms with Crippen molar-refractivity contribution in [1.82, 2.24) is 0 Å². The molecule has 3 nitrogen and oxygen atoms in total. The number of esters is 1. The fourth-order valence-electron chi connectivity index (χ4n) is 2.16. The molecule has 0 aliphatic heterocycles. The maximum absolute atomic E-state index is 11.4. The predicted octanol–water partition coefficient (Wildman–Crippen LogP) is 2.83. The molecule has 1 aromatic rings. The lowest BCUT2D eigenvalue weighted by molar-refractivity contribution is 0.0601. The van der Waals surface area contributed by atoms with Crippen LogP contribution in [-0.4, -0.2) is 19.1 Å². The number of nitrogens with one attached hydrogen (secondary N) is 1. The van der Waals surface area contributed by atoms with E-state index >= 15 is 0 Å². The highest BCUT2D eigenvalue weighted by molar-refractivity contribution is 5.90. The van der Waals surface area contributed by atoms with Crippen LogP contribution in [0.4, 0.5) is 5.69 Å². The third-order valence-corrected chi connectivity index (χ3v) is 3.01. The quantitative estimate of drug-likeness (QED) is 0.794. The molecule has 2 rings (SSSR count). The molecule has 86 valence electrons. The van der Waals surface area contributed by atoms with Crippen LogP contribution >= 0.6 is 0 Å². The van der Waals surface area contributed by atoms with Gasteiger partial charge in [-0.2, -0.15) is 0 Å². The Balaban J connectivity index is 2.06. The summed E-state index contributed by atoms with van der Waals surface area (Å²) in [5.41, 5.74) is 1.61. The van der Waals surface area contributed by atoms with Crippen molar-refractivity contribution in [2.24, 2.45) is 0 Å². The van der Waals surface area contributed by atoms with Crippen LogP contribution in [0, 0.1) is 0 Å². The van der Waals surface area contributed by atoms with Gasteiger partial charge in [0.1, 0.15) is 0 Å². The summed E-state index contributed by atoms with van der Waals surface area (Å²) in [6, 6.07) is 8.05. The van der Waals surface area contributed by atoms with Crippen molar-refractivity contribution < 1.29 is 9.53 Å². The van der Waals surface area contributed by atoms with Gasteiger partial charge in [0.05, 0.1) is 12.7 Å². The zero-order valence-electron chi connectivity index (χ0n) is 9.53. The molecule has 1 aliphatic rings. The Bertz CT molecular complexity index is 370.